The van der Waals surface area contributed by atoms with Crippen molar-refractivity contribution in [1.82, 2.24) is 0 Å². The number of anilines is 1. The van der Waals surface area contributed by atoms with E-state index in [0.717, 1.165) is 24.3 Å². The van der Waals surface area contributed by atoms with E-state index < -0.39 is 0 Å². The number of carbonyl (C=O) groups is 1. The van der Waals surface area contributed by atoms with Gasteiger partial charge in [-0.05, 0) is 24.5 Å². The number of fused-ring (bicyclic) bond motifs is 1. The molecule has 1 aliphatic carbocycles. The molecule has 0 aromatic heterocycles. The Kier molecular flexibility index (Phi) is 2.86. The van der Waals surface area contributed by atoms with Crippen LogP contribution in [0.2, 0.25) is 0 Å². The zero-order valence-electron chi connectivity index (χ0n) is 10.4. The van der Waals surface area contributed by atoms with E-state index in [-0.39, 0.29) is 11.8 Å². The average Bonchev–Trinajstić information content (AvgIpc) is 3.11. The molecule has 1 heterocycles. The van der Waals surface area contributed by atoms with E-state index in [1.165, 1.54) is 0 Å². The Bertz CT molecular complexity index is 472. The first kappa shape index (κ1) is 11.4. The van der Waals surface area contributed by atoms with Crippen LogP contribution in [0, 0.1) is 11.8 Å². The molecule has 0 bridgehead atoms. The largest absolute Gasteiger partial charge is 0.490 e. The fourth-order valence-corrected chi connectivity index (χ4v) is 2.16. The molecule has 1 amide bonds. The van der Waals surface area contributed by atoms with E-state index in [9.17, 15) is 4.79 Å². The zero-order chi connectivity index (χ0) is 12.5. The standard InChI is InChI=1S/C14H17NO3/c1-9-7-11(9)14(16)15-10-3-4-12-13(8-10)18-6-2-5-17-12/h3-4,8-9,11H,2,5-7H2,1H3,(H,15,16). The highest BCUT2D eigenvalue weighted by Gasteiger charge is 2.39. The van der Waals surface area contributed by atoms with Gasteiger partial charge >= 0.3 is 0 Å². The van der Waals surface area contributed by atoms with Gasteiger partial charge in [-0.3, -0.25) is 4.79 Å². The molecule has 96 valence electrons. The average molecular weight is 247 g/mol. The van der Waals surface area contributed by atoms with E-state index >= 15 is 0 Å². The predicted octanol–water partition coefficient (Wildman–Crippen LogP) is 2.44. The Balaban J connectivity index is 1.73. The third-order valence-corrected chi connectivity index (χ3v) is 3.46. The van der Waals surface area contributed by atoms with Gasteiger partial charge in [0.1, 0.15) is 0 Å². The summed E-state index contributed by atoms with van der Waals surface area (Å²) in [5, 5.41) is 2.93. The SMILES string of the molecule is CC1CC1C(=O)Nc1ccc2c(c1)OCCCO2. The van der Waals surface area contributed by atoms with Crippen LogP contribution in [0.4, 0.5) is 5.69 Å². The summed E-state index contributed by atoms with van der Waals surface area (Å²) in [7, 11) is 0. The van der Waals surface area contributed by atoms with Crippen LogP contribution in [0.1, 0.15) is 19.8 Å². The molecule has 1 N–H and O–H groups in total. The van der Waals surface area contributed by atoms with Crippen molar-refractivity contribution in [3.05, 3.63) is 18.2 Å². The minimum Gasteiger partial charge on any atom is -0.490 e. The van der Waals surface area contributed by atoms with Gasteiger partial charge in [-0.25, -0.2) is 0 Å². The van der Waals surface area contributed by atoms with Crippen molar-refractivity contribution in [2.75, 3.05) is 18.5 Å². The van der Waals surface area contributed by atoms with Crippen LogP contribution in [0.25, 0.3) is 0 Å². The number of hydrogen-bond acceptors (Lipinski definition) is 3. The topological polar surface area (TPSA) is 47.6 Å². The van der Waals surface area contributed by atoms with E-state index in [4.69, 9.17) is 9.47 Å². The predicted molar refractivity (Wildman–Crippen MR) is 67.9 cm³/mol. The van der Waals surface area contributed by atoms with Crippen LogP contribution in [0.15, 0.2) is 18.2 Å². The number of rotatable bonds is 2. The molecule has 0 radical (unpaired) electrons. The first-order chi connectivity index (χ1) is 8.74. The van der Waals surface area contributed by atoms with Crippen molar-refractivity contribution in [2.45, 2.75) is 19.8 Å². The molecule has 0 spiro atoms. The van der Waals surface area contributed by atoms with Gasteiger partial charge in [0.15, 0.2) is 11.5 Å². The number of nitrogens with one attached hydrogen (secondary N) is 1. The Hall–Kier alpha value is -1.71. The first-order valence-electron chi connectivity index (χ1n) is 6.44. The number of amides is 1. The lowest BCUT2D eigenvalue weighted by Gasteiger charge is -2.10. The maximum atomic E-state index is 11.8. The van der Waals surface area contributed by atoms with Crippen molar-refractivity contribution in [3.63, 3.8) is 0 Å². The summed E-state index contributed by atoms with van der Waals surface area (Å²) in [4.78, 5) is 11.8. The summed E-state index contributed by atoms with van der Waals surface area (Å²) in [5.41, 5.74) is 0.781. The number of benzene rings is 1. The van der Waals surface area contributed by atoms with Crippen LogP contribution < -0.4 is 14.8 Å². The molecule has 4 nitrogen and oxygen atoms in total. The van der Waals surface area contributed by atoms with Crippen molar-refractivity contribution >= 4 is 11.6 Å². The molecule has 1 fully saturated rings. The van der Waals surface area contributed by atoms with Gasteiger partial charge < -0.3 is 14.8 Å². The van der Waals surface area contributed by atoms with Gasteiger partial charge in [-0.15, -0.1) is 0 Å². The number of ether oxygens (including phenoxy) is 2. The van der Waals surface area contributed by atoms with Crippen LogP contribution in [0.5, 0.6) is 11.5 Å². The third kappa shape index (κ3) is 2.28. The Morgan fingerprint density at radius 3 is 2.72 bits per heavy atom. The third-order valence-electron chi connectivity index (χ3n) is 3.46. The highest BCUT2D eigenvalue weighted by Crippen LogP contribution is 2.39. The van der Waals surface area contributed by atoms with E-state index in [1.54, 1.807) is 0 Å². The molecule has 18 heavy (non-hydrogen) atoms. The molecule has 2 aliphatic rings. The number of hydrogen-bond donors (Lipinski definition) is 1. The fourth-order valence-electron chi connectivity index (χ4n) is 2.16. The van der Waals surface area contributed by atoms with E-state index in [2.05, 4.69) is 12.2 Å². The van der Waals surface area contributed by atoms with Crippen LogP contribution in [-0.2, 0) is 4.79 Å². The Morgan fingerprint density at radius 1 is 1.28 bits per heavy atom. The Morgan fingerprint density at radius 2 is 2.00 bits per heavy atom. The lowest BCUT2D eigenvalue weighted by molar-refractivity contribution is -0.117. The summed E-state index contributed by atoms with van der Waals surface area (Å²) >= 11 is 0. The highest BCUT2D eigenvalue weighted by atomic mass is 16.5. The molecule has 1 aromatic rings. The fraction of sp³-hybridized carbons (Fsp3) is 0.500. The smallest absolute Gasteiger partial charge is 0.227 e. The summed E-state index contributed by atoms with van der Waals surface area (Å²) in [6.45, 7) is 3.43. The monoisotopic (exact) mass is 247 g/mol. The van der Waals surface area contributed by atoms with Crippen LogP contribution in [0.3, 0.4) is 0 Å². The quantitative estimate of drug-likeness (QED) is 0.873. The van der Waals surface area contributed by atoms with Crippen LogP contribution in [-0.4, -0.2) is 19.1 Å². The maximum Gasteiger partial charge on any atom is 0.227 e. The van der Waals surface area contributed by atoms with E-state index in [0.29, 0.717) is 24.9 Å². The van der Waals surface area contributed by atoms with Gasteiger partial charge in [-0.1, -0.05) is 6.92 Å². The van der Waals surface area contributed by atoms with Crippen molar-refractivity contribution in [3.8, 4) is 11.5 Å². The molecule has 2 unspecified atom stereocenters. The molecule has 3 rings (SSSR count). The highest BCUT2D eigenvalue weighted by molar-refractivity contribution is 5.94. The summed E-state index contributed by atoms with van der Waals surface area (Å²) < 4.78 is 11.1. The number of carbonyl (C=O) groups excluding carboxylic acids is 1. The zero-order valence-corrected chi connectivity index (χ0v) is 10.4. The molecule has 4 heteroatoms. The molecule has 1 saturated carbocycles. The lowest BCUT2D eigenvalue weighted by Crippen LogP contribution is -2.14. The molecule has 2 atom stereocenters. The first-order valence-corrected chi connectivity index (χ1v) is 6.44. The normalized spacial score (nSPS) is 25.2. The van der Waals surface area contributed by atoms with Crippen molar-refractivity contribution < 1.29 is 14.3 Å². The second kappa shape index (κ2) is 4.52. The molecule has 1 aliphatic heterocycles. The minimum absolute atomic E-state index is 0.108. The molecular weight excluding hydrogens is 230 g/mol. The summed E-state index contributed by atoms with van der Waals surface area (Å²) in [6, 6.07) is 5.55. The second-order valence-corrected chi connectivity index (χ2v) is 5.02. The van der Waals surface area contributed by atoms with E-state index in [1.807, 2.05) is 18.2 Å². The maximum absolute atomic E-state index is 11.8. The minimum atomic E-state index is 0.108. The lowest BCUT2D eigenvalue weighted by atomic mass is 10.2. The Labute approximate surface area is 106 Å². The molecule has 1 aromatic carbocycles. The van der Waals surface area contributed by atoms with Gasteiger partial charge in [0, 0.05) is 24.1 Å². The van der Waals surface area contributed by atoms with Crippen molar-refractivity contribution in [1.29, 1.82) is 0 Å². The summed E-state index contributed by atoms with van der Waals surface area (Å²) in [5.74, 6) is 2.28. The van der Waals surface area contributed by atoms with Gasteiger partial charge in [0.05, 0.1) is 13.2 Å². The molecular formula is C14H17NO3. The summed E-state index contributed by atoms with van der Waals surface area (Å²) in [6.07, 6.45) is 1.88. The van der Waals surface area contributed by atoms with Gasteiger partial charge in [0.25, 0.3) is 0 Å². The molecule has 0 saturated heterocycles. The van der Waals surface area contributed by atoms with Gasteiger partial charge in [0.2, 0.25) is 5.91 Å². The second-order valence-electron chi connectivity index (χ2n) is 5.02. The van der Waals surface area contributed by atoms with Crippen molar-refractivity contribution in [2.24, 2.45) is 11.8 Å². The van der Waals surface area contributed by atoms with Gasteiger partial charge in [-0.2, -0.15) is 0 Å². The van der Waals surface area contributed by atoms with Crippen LogP contribution >= 0.6 is 0 Å².